The van der Waals surface area contributed by atoms with Crippen LogP contribution >= 0.6 is 11.3 Å². The number of nitrogens with one attached hydrogen (secondary N) is 3. The maximum Gasteiger partial charge on any atom is 0.573 e. The summed E-state index contributed by atoms with van der Waals surface area (Å²) in [6.45, 7) is 5.34. The maximum absolute atomic E-state index is 12.3. The first-order chi connectivity index (χ1) is 23.0. The zero-order valence-corrected chi connectivity index (χ0v) is 28.4. The Morgan fingerprint density at radius 2 is 1.76 bits per heavy atom. The van der Waals surface area contributed by atoms with Crippen molar-refractivity contribution in [3.8, 4) is 5.75 Å². The smallest absolute Gasteiger partial charge is 0.444 e. The van der Waals surface area contributed by atoms with Gasteiger partial charge in [-0.3, -0.25) is 10.1 Å². The van der Waals surface area contributed by atoms with Crippen LogP contribution in [0.4, 0.5) is 28.9 Å². The van der Waals surface area contributed by atoms with Crippen LogP contribution in [0.5, 0.6) is 5.75 Å². The second-order valence-electron chi connectivity index (χ2n) is 11.3. The van der Waals surface area contributed by atoms with Crippen molar-refractivity contribution in [2.45, 2.75) is 71.3 Å². The Bertz CT molecular complexity index is 1590. The van der Waals surface area contributed by atoms with Crippen LogP contribution in [0, 0.1) is 0 Å². The van der Waals surface area contributed by atoms with Crippen LogP contribution in [-0.2, 0) is 33.6 Å². The van der Waals surface area contributed by atoms with Gasteiger partial charge in [0.05, 0.1) is 6.42 Å². The summed E-state index contributed by atoms with van der Waals surface area (Å²) in [6.07, 6.45) is 1.78. The summed E-state index contributed by atoms with van der Waals surface area (Å²) in [7, 11) is 1.79. The van der Waals surface area contributed by atoms with Crippen molar-refractivity contribution in [2.24, 2.45) is 11.5 Å². The van der Waals surface area contributed by atoms with Crippen LogP contribution < -0.4 is 32.2 Å². The Balaban J connectivity index is 0.000000412. The highest BCUT2D eigenvalue weighted by atomic mass is 32.1. The molecule has 49 heavy (non-hydrogen) atoms. The third kappa shape index (κ3) is 18.1. The average Bonchev–Trinajstić information content (AvgIpc) is 3.45. The van der Waals surface area contributed by atoms with E-state index >= 15 is 0 Å². The number of hydrogen-bond acceptors (Lipinski definition) is 12. The number of anilines is 2. The molecule has 13 nitrogen and oxygen atoms in total. The van der Waals surface area contributed by atoms with Gasteiger partial charge in [-0.1, -0.05) is 29.5 Å². The summed E-state index contributed by atoms with van der Waals surface area (Å²) < 4.78 is 45.8. The lowest BCUT2D eigenvalue weighted by Gasteiger charge is -2.19. The zero-order chi connectivity index (χ0) is 36.5. The molecule has 2 heterocycles. The number of hydrogen-bond donors (Lipinski definition) is 5. The molecular weight excluding hydrogens is 665 g/mol. The number of benzene rings is 1. The Kier molecular flexibility index (Phi) is 16.0. The highest BCUT2D eigenvalue weighted by Gasteiger charge is 2.31. The van der Waals surface area contributed by atoms with Gasteiger partial charge in [0.25, 0.3) is 0 Å². The molecule has 0 radical (unpaired) electrons. The van der Waals surface area contributed by atoms with Gasteiger partial charge in [-0.2, -0.15) is 0 Å². The number of allylic oxidation sites excluding steroid dienone is 3. The molecule has 0 saturated carbocycles. The Labute approximate surface area is 286 Å². The quantitative estimate of drug-likeness (QED) is 0.0822. The van der Waals surface area contributed by atoms with Gasteiger partial charge in [0, 0.05) is 31.3 Å². The number of carbonyl (C=O) groups is 3. The third-order valence-electron chi connectivity index (χ3n) is 5.77. The summed E-state index contributed by atoms with van der Waals surface area (Å²) in [5.74, 6) is -0.420. The van der Waals surface area contributed by atoms with Crippen LogP contribution in [0.25, 0.3) is 0 Å². The number of nitrogens with two attached hydrogens (primary N) is 2. The van der Waals surface area contributed by atoms with Gasteiger partial charge >= 0.3 is 12.5 Å². The van der Waals surface area contributed by atoms with Crippen molar-refractivity contribution in [2.75, 3.05) is 17.7 Å². The normalized spacial score (nSPS) is 11.9. The summed E-state index contributed by atoms with van der Waals surface area (Å²) in [6, 6.07) is 10.3. The van der Waals surface area contributed by atoms with Crippen LogP contribution in [-0.4, -0.2) is 52.5 Å². The van der Waals surface area contributed by atoms with Crippen molar-refractivity contribution in [3.05, 3.63) is 82.4 Å². The highest BCUT2D eigenvalue weighted by molar-refractivity contribution is 7.15. The van der Waals surface area contributed by atoms with E-state index in [4.69, 9.17) is 16.2 Å². The average molecular weight is 707 g/mol. The molecule has 0 aliphatic rings. The van der Waals surface area contributed by atoms with Crippen molar-refractivity contribution < 1.29 is 37.0 Å². The van der Waals surface area contributed by atoms with E-state index in [1.165, 1.54) is 29.5 Å². The Morgan fingerprint density at radius 3 is 2.41 bits per heavy atom. The van der Waals surface area contributed by atoms with Crippen LogP contribution in [0.2, 0.25) is 0 Å². The van der Waals surface area contributed by atoms with Crippen molar-refractivity contribution in [1.29, 1.82) is 0 Å². The number of nitrogens with zero attached hydrogens (tertiary/aromatic N) is 3. The van der Waals surface area contributed by atoms with E-state index in [2.05, 4.69) is 35.9 Å². The molecule has 0 bridgehead atoms. The molecule has 0 atom stereocenters. The molecule has 0 saturated heterocycles. The van der Waals surface area contributed by atoms with E-state index in [0.717, 1.165) is 47.8 Å². The predicted molar refractivity (Wildman–Crippen MR) is 180 cm³/mol. The Hall–Kier alpha value is -5.19. The topological polar surface area (TPSA) is 196 Å². The zero-order valence-electron chi connectivity index (χ0n) is 27.6. The van der Waals surface area contributed by atoms with Gasteiger partial charge in [0.2, 0.25) is 11.0 Å². The molecule has 266 valence electrons. The first kappa shape index (κ1) is 40.0. The number of rotatable bonds is 14. The monoisotopic (exact) mass is 706 g/mol. The summed E-state index contributed by atoms with van der Waals surface area (Å²) in [5, 5.41) is 17.7. The Morgan fingerprint density at radius 1 is 1.02 bits per heavy atom. The fraction of sp³-hybridized carbons (Fsp3) is 0.375. The molecule has 1 aromatic carbocycles. The van der Waals surface area contributed by atoms with Gasteiger partial charge in [-0.05, 0) is 82.0 Å². The number of amides is 2. The van der Waals surface area contributed by atoms with Gasteiger partial charge in [-0.25, -0.2) is 9.78 Å². The molecule has 2 amide bonds. The molecule has 17 heteroatoms. The number of aryl methyl sites for hydroxylation is 1. The second kappa shape index (κ2) is 19.6. The van der Waals surface area contributed by atoms with Crippen LogP contribution in [0.1, 0.15) is 56.3 Å². The van der Waals surface area contributed by atoms with E-state index < -0.39 is 29.7 Å². The minimum atomic E-state index is -4.80. The molecule has 3 aromatic rings. The van der Waals surface area contributed by atoms with Crippen LogP contribution in [0.15, 0.2) is 66.1 Å². The van der Waals surface area contributed by atoms with E-state index in [-0.39, 0.29) is 18.7 Å². The molecule has 0 aliphatic carbocycles. The third-order valence-corrected chi connectivity index (χ3v) is 6.77. The van der Waals surface area contributed by atoms with Crippen molar-refractivity contribution in [3.63, 3.8) is 0 Å². The molecule has 0 aliphatic heterocycles. The number of alkyl halides is 3. The number of unbranched alkanes of at least 4 members (excludes halogenated alkanes) is 1. The molecular formula is C32H41F3N8O5S. The number of ether oxygens (including phenoxy) is 2. The summed E-state index contributed by atoms with van der Waals surface area (Å²) in [4.78, 5) is 38.0. The molecule has 3 rings (SSSR count). The van der Waals surface area contributed by atoms with Gasteiger partial charge < -0.3 is 36.4 Å². The minimum absolute atomic E-state index is 0.0779. The lowest BCUT2D eigenvalue weighted by molar-refractivity contribution is -0.274. The minimum Gasteiger partial charge on any atom is -0.444 e. The largest absolute Gasteiger partial charge is 0.573 e. The van der Waals surface area contributed by atoms with Gasteiger partial charge in [-0.15, -0.1) is 23.4 Å². The fourth-order valence-electron chi connectivity index (χ4n) is 3.78. The number of carbonyl (C=O) groups excluding carboxylic acids is 3. The van der Waals surface area contributed by atoms with E-state index in [1.54, 1.807) is 52.1 Å². The van der Waals surface area contributed by atoms with E-state index in [9.17, 15) is 27.6 Å². The van der Waals surface area contributed by atoms with Gasteiger partial charge in [0.1, 0.15) is 34.3 Å². The van der Waals surface area contributed by atoms with Crippen LogP contribution in [0.3, 0.4) is 0 Å². The lowest BCUT2D eigenvalue weighted by Crippen LogP contribution is -2.28. The number of aldehydes is 1. The first-order valence-electron chi connectivity index (χ1n) is 15.0. The molecule has 2 aromatic heterocycles. The fourth-order valence-corrected chi connectivity index (χ4v) is 4.52. The lowest BCUT2D eigenvalue weighted by atomic mass is 10.1. The van der Waals surface area contributed by atoms with Crippen molar-refractivity contribution >= 4 is 40.6 Å². The van der Waals surface area contributed by atoms with Crippen molar-refractivity contribution in [1.82, 2.24) is 20.5 Å². The van der Waals surface area contributed by atoms with E-state index in [0.29, 0.717) is 29.2 Å². The predicted octanol–water partition coefficient (Wildman–Crippen LogP) is 5.36. The summed E-state index contributed by atoms with van der Waals surface area (Å²) >= 11 is 1.51. The number of halogens is 3. The first-order valence-corrected chi connectivity index (χ1v) is 15.8. The van der Waals surface area contributed by atoms with Gasteiger partial charge in [0.15, 0.2) is 0 Å². The molecule has 7 N–H and O–H groups in total. The maximum atomic E-state index is 12.3. The molecule has 0 fully saturated rings. The SMILES string of the molecule is CC(C)(C)OC(=O)Nc1cccc(CC=O)n1.CNc1nnc(CCCC/C(N)=C/C=C(\N)NC(=O)Cc2cccc(OC(F)(F)F)c2)s1. The summed E-state index contributed by atoms with van der Waals surface area (Å²) in [5.41, 5.74) is 12.7. The second-order valence-corrected chi connectivity index (χ2v) is 12.3. The number of aromatic nitrogens is 3. The van der Waals surface area contributed by atoms with E-state index in [1.807, 2.05) is 0 Å². The molecule has 0 unspecified atom stereocenters. The standard InChI is InChI=1S/C20H25F3N6O2S.C12H16N2O3/c1-26-19-29-28-18(32-19)8-3-2-6-14(24)9-10-16(25)27-17(30)12-13-5-4-7-15(11-13)31-20(21,22)23;1-12(2,3)17-11(16)14-10-6-4-5-9(13-10)7-8-15/h4-5,7,9-11H,2-3,6,8,12,24-25H2,1H3,(H,26,29)(H,27,30);4-6,8H,7H2,1-3H3,(H,13,14,16)/b14-9-,16-10+;. The number of pyridine rings is 1. The molecule has 0 spiro atoms. The highest BCUT2D eigenvalue weighted by Crippen LogP contribution is 2.23.